The minimum absolute atomic E-state index is 0.00268. The van der Waals surface area contributed by atoms with Crippen LogP contribution in [0.5, 0.6) is 5.75 Å². The number of rotatable bonds is 3. The van der Waals surface area contributed by atoms with E-state index in [0.717, 1.165) is 10.5 Å². The van der Waals surface area contributed by atoms with E-state index in [0.29, 0.717) is 16.9 Å². The van der Waals surface area contributed by atoms with E-state index in [-0.39, 0.29) is 5.41 Å². The van der Waals surface area contributed by atoms with Gasteiger partial charge in [0.15, 0.2) is 0 Å². The predicted octanol–water partition coefficient (Wildman–Crippen LogP) is 3.19. The Morgan fingerprint density at radius 3 is 1.92 bits per heavy atom. The average molecular weight is 337 g/mol. The summed E-state index contributed by atoms with van der Waals surface area (Å²) in [6, 6.07) is 13.7. The first kappa shape index (κ1) is 16.9. The second kappa shape index (κ2) is 6.16. The summed E-state index contributed by atoms with van der Waals surface area (Å²) in [5, 5.41) is 0. The third kappa shape index (κ3) is 3.31. The summed E-state index contributed by atoms with van der Waals surface area (Å²) in [5.74, 6) is -1.21. The van der Waals surface area contributed by atoms with Crippen LogP contribution in [0.25, 0.3) is 0 Å². The van der Waals surface area contributed by atoms with Gasteiger partial charge in [0.25, 0.3) is 11.8 Å². The second-order valence-corrected chi connectivity index (χ2v) is 6.99. The van der Waals surface area contributed by atoms with E-state index in [2.05, 4.69) is 20.8 Å². The van der Waals surface area contributed by atoms with Gasteiger partial charge in [-0.25, -0.2) is 4.79 Å². The van der Waals surface area contributed by atoms with Gasteiger partial charge in [0.05, 0.1) is 11.1 Å². The molecule has 3 rings (SSSR count). The van der Waals surface area contributed by atoms with Crippen molar-refractivity contribution in [2.75, 3.05) is 6.54 Å². The Bertz CT molecular complexity index is 812. The molecule has 0 spiro atoms. The molecule has 0 radical (unpaired) electrons. The first-order valence-corrected chi connectivity index (χ1v) is 8.04. The highest BCUT2D eigenvalue weighted by molar-refractivity contribution is 6.22. The lowest BCUT2D eigenvalue weighted by Gasteiger charge is -2.19. The van der Waals surface area contributed by atoms with Crippen LogP contribution in [0.2, 0.25) is 0 Å². The fourth-order valence-electron chi connectivity index (χ4n) is 2.70. The number of esters is 1. The summed E-state index contributed by atoms with van der Waals surface area (Å²) in [7, 11) is 0. The van der Waals surface area contributed by atoms with Crippen LogP contribution in [0.4, 0.5) is 0 Å². The van der Waals surface area contributed by atoms with Gasteiger partial charge in [-0.1, -0.05) is 45.0 Å². The van der Waals surface area contributed by atoms with E-state index in [9.17, 15) is 14.4 Å². The number of hydrogen-bond donors (Lipinski definition) is 0. The fourth-order valence-corrected chi connectivity index (χ4v) is 2.70. The Hall–Kier alpha value is -2.95. The fraction of sp³-hybridized carbons (Fsp3) is 0.250. The summed E-state index contributed by atoms with van der Waals surface area (Å²) in [6.07, 6.45) is 0. The van der Waals surface area contributed by atoms with Crippen molar-refractivity contribution in [2.45, 2.75) is 26.2 Å². The number of imide groups is 1. The maximum Gasteiger partial charge on any atom is 0.331 e. The van der Waals surface area contributed by atoms with Gasteiger partial charge in [-0.15, -0.1) is 0 Å². The van der Waals surface area contributed by atoms with Gasteiger partial charge in [-0.3, -0.25) is 14.5 Å². The maximum atomic E-state index is 12.2. The molecular weight excluding hydrogens is 318 g/mol. The minimum atomic E-state index is -0.655. The number of carbonyl (C=O) groups is 3. The highest BCUT2D eigenvalue weighted by Crippen LogP contribution is 2.25. The molecular formula is C20H19NO4. The zero-order valence-electron chi connectivity index (χ0n) is 14.4. The summed E-state index contributed by atoms with van der Waals surface area (Å²) < 4.78 is 5.25. The van der Waals surface area contributed by atoms with Gasteiger partial charge < -0.3 is 4.74 Å². The standard InChI is InChI=1S/C20H19NO4/c1-20(2,3)13-8-10-14(11-9-13)25-17(22)12-21-18(23)15-6-4-5-7-16(15)19(21)24/h4-11H,12H2,1-3H3. The normalized spacial score (nSPS) is 13.8. The third-order valence-electron chi connectivity index (χ3n) is 4.12. The van der Waals surface area contributed by atoms with Crippen LogP contribution in [0.3, 0.4) is 0 Å². The number of benzene rings is 2. The van der Waals surface area contributed by atoms with E-state index in [1.165, 1.54) is 0 Å². The molecule has 25 heavy (non-hydrogen) atoms. The van der Waals surface area contributed by atoms with Gasteiger partial charge in [0.2, 0.25) is 0 Å². The number of amides is 2. The highest BCUT2D eigenvalue weighted by Gasteiger charge is 2.36. The number of nitrogens with zero attached hydrogens (tertiary/aromatic N) is 1. The van der Waals surface area contributed by atoms with E-state index in [1.54, 1.807) is 36.4 Å². The van der Waals surface area contributed by atoms with Crippen molar-refractivity contribution in [3.8, 4) is 5.75 Å². The zero-order valence-corrected chi connectivity index (χ0v) is 14.4. The van der Waals surface area contributed by atoms with Gasteiger partial charge >= 0.3 is 5.97 Å². The van der Waals surface area contributed by atoms with Crippen LogP contribution in [0.1, 0.15) is 47.1 Å². The maximum absolute atomic E-state index is 12.2. The third-order valence-corrected chi connectivity index (χ3v) is 4.12. The first-order chi connectivity index (χ1) is 11.8. The average Bonchev–Trinajstić information content (AvgIpc) is 2.80. The van der Waals surface area contributed by atoms with Crippen molar-refractivity contribution in [3.63, 3.8) is 0 Å². The van der Waals surface area contributed by atoms with Crippen LogP contribution in [0.15, 0.2) is 48.5 Å². The lowest BCUT2D eigenvalue weighted by molar-refractivity contribution is -0.134. The molecule has 0 unspecified atom stereocenters. The van der Waals surface area contributed by atoms with Crippen molar-refractivity contribution in [3.05, 3.63) is 65.2 Å². The molecule has 5 nitrogen and oxygen atoms in total. The van der Waals surface area contributed by atoms with E-state index in [4.69, 9.17) is 4.74 Å². The van der Waals surface area contributed by atoms with Gasteiger partial charge in [-0.05, 0) is 35.2 Å². The number of hydrogen-bond acceptors (Lipinski definition) is 4. The zero-order chi connectivity index (χ0) is 18.2. The van der Waals surface area contributed by atoms with Gasteiger partial charge in [-0.2, -0.15) is 0 Å². The van der Waals surface area contributed by atoms with Crippen LogP contribution in [0, 0.1) is 0 Å². The Morgan fingerprint density at radius 1 is 0.920 bits per heavy atom. The van der Waals surface area contributed by atoms with E-state index in [1.807, 2.05) is 12.1 Å². The molecule has 0 aromatic heterocycles. The predicted molar refractivity (Wildman–Crippen MR) is 92.6 cm³/mol. The molecule has 0 fully saturated rings. The van der Waals surface area contributed by atoms with Gasteiger partial charge in [0, 0.05) is 0 Å². The number of ether oxygens (including phenoxy) is 1. The van der Waals surface area contributed by atoms with E-state index >= 15 is 0 Å². The van der Waals surface area contributed by atoms with Crippen LogP contribution in [-0.2, 0) is 10.2 Å². The summed E-state index contributed by atoms with van der Waals surface area (Å²) >= 11 is 0. The van der Waals surface area contributed by atoms with E-state index < -0.39 is 24.3 Å². The van der Waals surface area contributed by atoms with Crippen molar-refractivity contribution >= 4 is 17.8 Å². The summed E-state index contributed by atoms with van der Waals surface area (Å²) in [4.78, 5) is 37.5. The van der Waals surface area contributed by atoms with Crippen molar-refractivity contribution in [2.24, 2.45) is 0 Å². The molecule has 2 amide bonds. The van der Waals surface area contributed by atoms with Crippen molar-refractivity contribution in [1.29, 1.82) is 0 Å². The first-order valence-electron chi connectivity index (χ1n) is 8.04. The Kier molecular flexibility index (Phi) is 4.17. The molecule has 128 valence electrons. The molecule has 0 atom stereocenters. The molecule has 0 N–H and O–H groups in total. The summed E-state index contributed by atoms with van der Waals surface area (Å²) in [6.45, 7) is 5.87. The largest absolute Gasteiger partial charge is 0.425 e. The highest BCUT2D eigenvalue weighted by atomic mass is 16.5. The molecule has 0 saturated heterocycles. The topological polar surface area (TPSA) is 63.7 Å². The summed E-state index contributed by atoms with van der Waals surface area (Å²) in [5.41, 5.74) is 1.75. The van der Waals surface area contributed by atoms with Crippen molar-refractivity contribution in [1.82, 2.24) is 4.90 Å². The SMILES string of the molecule is CC(C)(C)c1ccc(OC(=O)CN2C(=O)c3ccccc3C2=O)cc1. The smallest absolute Gasteiger partial charge is 0.331 e. The Morgan fingerprint density at radius 2 is 1.44 bits per heavy atom. The lowest BCUT2D eigenvalue weighted by Crippen LogP contribution is -2.36. The molecule has 1 aliphatic rings. The van der Waals surface area contributed by atoms with Crippen LogP contribution in [-0.4, -0.2) is 29.2 Å². The van der Waals surface area contributed by atoms with Gasteiger partial charge in [0.1, 0.15) is 12.3 Å². The van der Waals surface area contributed by atoms with Crippen LogP contribution < -0.4 is 4.74 Å². The molecule has 0 bridgehead atoms. The monoisotopic (exact) mass is 337 g/mol. The number of fused-ring (bicyclic) bond motifs is 1. The molecule has 0 aliphatic carbocycles. The molecule has 1 aliphatic heterocycles. The number of carbonyl (C=O) groups excluding carboxylic acids is 3. The second-order valence-electron chi connectivity index (χ2n) is 6.99. The Balaban J connectivity index is 1.68. The minimum Gasteiger partial charge on any atom is -0.425 e. The molecule has 0 saturated carbocycles. The molecule has 1 heterocycles. The molecule has 2 aromatic rings. The molecule has 5 heteroatoms. The van der Waals surface area contributed by atoms with Crippen LogP contribution >= 0.6 is 0 Å². The quantitative estimate of drug-likeness (QED) is 0.490. The lowest BCUT2D eigenvalue weighted by atomic mass is 9.87. The van der Waals surface area contributed by atoms with Crippen molar-refractivity contribution < 1.29 is 19.1 Å². The Labute approximate surface area is 146 Å². The molecule has 2 aromatic carbocycles.